The lowest BCUT2D eigenvalue weighted by Crippen LogP contribution is -2.45. The molecule has 3 heterocycles. The van der Waals surface area contributed by atoms with E-state index in [4.69, 9.17) is 4.74 Å². The maximum atomic E-state index is 12.1. The zero-order chi connectivity index (χ0) is 17.1. The van der Waals surface area contributed by atoms with Crippen molar-refractivity contribution in [2.24, 2.45) is 5.92 Å². The fourth-order valence-corrected chi connectivity index (χ4v) is 3.01. The fraction of sp³-hybridized carbons (Fsp3) is 0.688. The van der Waals surface area contributed by atoms with Gasteiger partial charge in [0.25, 0.3) is 0 Å². The third kappa shape index (κ3) is 3.69. The van der Waals surface area contributed by atoms with Crippen molar-refractivity contribution in [2.75, 3.05) is 32.8 Å². The van der Waals surface area contributed by atoms with Crippen LogP contribution in [-0.2, 0) is 29.2 Å². The molecule has 0 unspecified atom stereocenters. The van der Waals surface area contributed by atoms with Gasteiger partial charge in [-0.1, -0.05) is 13.8 Å². The van der Waals surface area contributed by atoms with Crippen molar-refractivity contribution in [1.82, 2.24) is 24.9 Å². The summed E-state index contributed by atoms with van der Waals surface area (Å²) in [6, 6.07) is 1.89. The summed E-state index contributed by atoms with van der Waals surface area (Å²) in [7, 11) is 0. The van der Waals surface area contributed by atoms with Gasteiger partial charge in [0, 0.05) is 25.6 Å². The standard InChI is InChI=1S/C16H25N5O3/c1-12(2)15(22)20-3-4-21-14(11-20)9-13(18-21)10-17-16(23)19-5-7-24-8-6-19/h9,12H,3-8,10-11H2,1-2H3,(H,17,23). The molecule has 1 aromatic heterocycles. The average Bonchev–Trinajstić information content (AvgIpc) is 3.01. The van der Waals surface area contributed by atoms with E-state index < -0.39 is 0 Å². The van der Waals surface area contributed by atoms with Crippen LogP contribution in [0.25, 0.3) is 0 Å². The Bertz CT molecular complexity index is 607. The largest absolute Gasteiger partial charge is 0.378 e. The molecule has 0 aliphatic carbocycles. The summed E-state index contributed by atoms with van der Waals surface area (Å²) in [5.74, 6) is 0.177. The number of carbonyl (C=O) groups excluding carboxylic acids is 2. The van der Waals surface area contributed by atoms with Crippen molar-refractivity contribution in [3.63, 3.8) is 0 Å². The van der Waals surface area contributed by atoms with Gasteiger partial charge in [-0.05, 0) is 6.07 Å². The second-order valence-electron chi connectivity index (χ2n) is 6.52. The number of nitrogens with zero attached hydrogens (tertiary/aromatic N) is 4. The summed E-state index contributed by atoms with van der Waals surface area (Å²) in [5, 5.41) is 7.43. The minimum absolute atomic E-state index is 0.00625. The minimum Gasteiger partial charge on any atom is -0.378 e. The Balaban J connectivity index is 1.55. The first-order valence-corrected chi connectivity index (χ1v) is 8.49. The van der Waals surface area contributed by atoms with Gasteiger partial charge < -0.3 is 19.9 Å². The zero-order valence-corrected chi connectivity index (χ0v) is 14.3. The topological polar surface area (TPSA) is 79.7 Å². The molecule has 8 nitrogen and oxygen atoms in total. The van der Waals surface area contributed by atoms with E-state index in [9.17, 15) is 9.59 Å². The summed E-state index contributed by atoms with van der Waals surface area (Å²) in [6.07, 6.45) is 0. The van der Waals surface area contributed by atoms with Crippen LogP contribution in [0.5, 0.6) is 0 Å². The molecule has 3 amide bonds. The van der Waals surface area contributed by atoms with Crippen LogP contribution in [0.15, 0.2) is 6.07 Å². The summed E-state index contributed by atoms with van der Waals surface area (Å²) >= 11 is 0. The van der Waals surface area contributed by atoms with Gasteiger partial charge in [0.2, 0.25) is 5.91 Å². The predicted octanol–water partition coefficient (Wildman–Crippen LogP) is 0.423. The van der Waals surface area contributed by atoms with E-state index in [0.29, 0.717) is 52.5 Å². The van der Waals surface area contributed by atoms with Crippen LogP contribution in [-0.4, -0.2) is 64.4 Å². The van der Waals surface area contributed by atoms with Gasteiger partial charge in [0.05, 0.1) is 44.2 Å². The molecule has 24 heavy (non-hydrogen) atoms. The number of carbonyl (C=O) groups is 2. The van der Waals surface area contributed by atoms with Crippen molar-refractivity contribution in [2.45, 2.75) is 33.5 Å². The third-order valence-electron chi connectivity index (χ3n) is 4.37. The molecular formula is C16H25N5O3. The number of aromatic nitrogens is 2. The highest BCUT2D eigenvalue weighted by atomic mass is 16.5. The minimum atomic E-state index is -0.0825. The summed E-state index contributed by atoms with van der Waals surface area (Å²) < 4.78 is 7.18. The molecule has 0 radical (unpaired) electrons. The Morgan fingerprint density at radius 3 is 2.67 bits per heavy atom. The Hall–Kier alpha value is -2.09. The Morgan fingerprint density at radius 2 is 1.96 bits per heavy atom. The SMILES string of the molecule is CC(C)C(=O)N1CCn2nc(CNC(=O)N3CCOCC3)cc2C1. The highest BCUT2D eigenvalue weighted by Gasteiger charge is 2.24. The summed E-state index contributed by atoms with van der Waals surface area (Å²) in [4.78, 5) is 27.9. The molecule has 3 rings (SSSR count). The fourth-order valence-electron chi connectivity index (χ4n) is 3.01. The first-order chi connectivity index (χ1) is 11.5. The second kappa shape index (κ2) is 7.21. The number of fused-ring (bicyclic) bond motifs is 1. The van der Waals surface area contributed by atoms with Crippen LogP contribution >= 0.6 is 0 Å². The second-order valence-corrected chi connectivity index (χ2v) is 6.52. The lowest BCUT2D eigenvalue weighted by Gasteiger charge is -2.29. The lowest BCUT2D eigenvalue weighted by molar-refractivity contribution is -0.136. The first-order valence-electron chi connectivity index (χ1n) is 8.49. The molecule has 0 saturated carbocycles. The Kier molecular flexibility index (Phi) is 5.03. The molecule has 0 atom stereocenters. The molecule has 2 aliphatic heterocycles. The number of hydrogen-bond donors (Lipinski definition) is 1. The smallest absolute Gasteiger partial charge is 0.317 e. The van der Waals surface area contributed by atoms with Crippen molar-refractivity contribution in [1.29, 1.82) is 0 Å². The maximum absolute atomic E-state index is 12.1. The highest BCUT2D eigenvalue weighted by molar-refractivity contribution is 5.78. The van der Waals surface area contributed by atoms with Crippen molar-refractivity contribution in [3.8, 4) is 0 Å². The molecule has 1 saturated heterocycles. The van der Waals surface area contributed by atoms with Crippen LogP contribution in [0.4, 0.5) is 4.79 Å². The van der Waals surface area contributed by atoms with E-state index in [0.717, 1.165) is 11.4 Å². The molecule has 2 aliphatic rings. The first kappa shape index (κ1) is 16.8. The van der Waals surface area contributed by atoms with Gasteiger partial charge in [-0.25, -0.2) is 4.79 Å². The molecule has 0 aromatic carbocycles. The van der Waals surface area contributed by atoms with Gasteiger partial charge in [0.1, 0.15) is 0 Å². The number of morpholine rings is 1. The van der Waals surface area contributed by atoms with Crippen molar-refractivity contribution in [3.05, 3.63) is 17.5 Å². The Labute approximate surface area is 141 Å². The number of hydrogen-bond acceptors (Lipinski definition) is 4. The highest BCUT2D eigenvalue weighted by Crippen LogP contribution is 2.16. The van der Waals surface area contributed by atoms with E-state index in [1.54, 1.807) is 4.90 Å². The van der Waals surface area contributed by atoms with Crippen LogP contribution in [0.1, 0.15) is 25.2 Å². The third-order valence-corrected chi connectivity index (χ3v) is 4.37. The molecule has 8 heteroatoms. The summed E-state index contributed by atoms with van der Waals surface area (Å²) in [6.45, 7) is 8.63. The summed E-state index contributed by atoms with van der Waals surface area (Å²) in [5.41, 5.74) is 1.84. The zero-order valence-electron chi connectivity index (χ0n) is 14.3. The van der Waals surface area contributed by atoms with Crippen LogP contribution in [0, 0.1) is 5.92 Å². The van der Waals surface area contributed by atoms with Gasteiger partial charge in [-0.3, -0.25) is 9.48 Å². The van der Waals surface area contributed by atoms with Gasteiger partial charge in [-0.2, -0.15) is 5.10 Å². The molecule has 0 spiro atoms. The van der Waals surface area contributed by atoms with Crippen LogP contribution in [0.2, 0.25) is 0 Å². The number of urea groups is 1. The van der Waals surface area contributed by atoms with Gasteiger partial charge in [-0.15, -0.1) is 0 Å². The van der Waals surface area contributed by atoms with E-state index in [2.05, 4.69) is 10.4 Å². The van der Waals surface area contributed by atoms with Crippen LogP contribution < -0.4 is 5.32 Å². The molecule has 1 N–H and O–H groups in total. The van der Waals surface area contributed by atoms with Gasteiger partial charge >= 0.3 is 6.03 Å². The number of rotatable bonds is 3. The molecule has 0 bridgehead atoms. The number of nitrogens with one attached hydrogen (secondary N) is 1. The van der Waals surface area contributed by atoms with Gasteiger partial charge in [0.15, 0.2) is 0 Å². The monoisotopic (exact) mass is 335 g/mol. The normalized spacial score (nSPS) is 17.8. The maximum Gasteiger partial charge on any atom is 0.317 e. The predicted molar refractivity (Wildman–Crippen MR) is 87.1 cm³/mol. The number of amides is 3. The average molecular weight is 335 g/mol. The quantitative estimate of drug-likeness (QED) is 0.868. The molecule has 1 fully saturated rings. The number of ether oxygens (including phenoxy) is 1. The van der Waals surface area contributed by atoms with E-state index >= 15 is 0 Å². The molecule has 132 valence electrons. The van der Waals surface area contributed by atoms with Crippen LogP contribution in [0.3, 0.4) is 0 Å². The van der Waals surface area contributed by atoms with E-state index in [1.807, 2.05) is 29.5 Å². The Morgan fingerprint density at radius 1 is 1.21 bits per heavy atom. The molecule has 1 aromatic rings. The van der Waals surface area contributed by atoms with Crippen molar-refractivity contribution >= 4 is 11.9 Å². The van der Waals surface area contributed by atoms with E-state index in [1.165, 1.54) is 0 Å². The van der Waals surface area contributed by atoms with Crippen molar-refractivity contribution < 1.29 is 14.3 Å². The van der Waals surface area contributed by atoms with E-state index in [-0.39, 0.29) is 17.9 Å². The lowest BCUT2D eigenvalue weighted by atomic mass is 10.1. The molecular weight excluding hydrogens is 310 g/mol.